The lowest BCUT2D eigenvalue weighted by molar-refractivity contribution is -0.0271. The molecule has 0 aliphatic carbocycles. The summed E-state index contributed by atoms with van der Waals surface area (Å²) >= 11 is 0. The van der Waals surface area contributed by atoms with Gasteiger partial charge in [0.25, 0.3) is 11.9 Å². The molecular weight excluding hydrogens is 156 g/mol. The van der Waals surface area contributed by atoms with Crippen LogP contribution in [0.3, 0.4) is 0 Å². The van der Waals surface area contributed by atoms with E-state index in [-0.39, 0.29) is 19.0 Å². The molecular formula is C4H5F2N5. The molecule has 1 N–H and O–H groups in total. The smallest absolute Gasteiger partial charge is 0.282 e. The molecule has 2 heterocycles. The monoisotopic (exact) mass is 161 g/mol. The van der Waals surface area contributed by atoms with Gasteiger partial charge in [-0.1, -0.05) is 5.10 Å². The number of aromatic amines is 1. The molecule has 0 amide bonds. The van der Waals surface area contributed by atoms with E-state index in [1.54, 1.807) is 0 Å². The SMILES string of the molecule is FC1(F)CN(c2nn[nH]n2)C1. The van der Waals surface area contributed by atoms with Crippen LogP contribution in [0.5, 0.6) is 0 Å². The summed E-state index contributed by atoms with van der Waals surface area (Å²) in [7, 11) is 0. The predicted octanol–water partition coefficient (Wildman–Crippen LogP) is -0.345. The number of halogens is 2. The highest BCUT2D eigenvalue weighted by atomic mass is 19.3. The molecule has 1 aliphatic heterocycles. The van der Waals surface area contributed by atoms with Crippen LogP contribution in [0, 0.1) is 0 Å². The van der Waals surface area contributed by atoms with Crippen LogP contribution in [-0.4, -0.2) is 39.6 Å². The Morgan fingerprint density at radius 2 is 2.18 bits per heavy atom. The lowest BCUT2D eigenvalue weighted by Crippen LogP contribution is -2.56. The number of rotatable bonds is 1. The van der Waals surface area contributed by atoms with Crippen molar-refractivity contribution in [1.82, 2.24) is 20.6 Å². The molecule has 1 aromatic rings. The molecule has 1 fully saturated rings. The first-order valence-corrected chi connectivity index (χ1v) is 3.04. The summed E-state index contributed by atoms with van der Waals surface area (Å²) in [6.07, 6.45) is 0. The van der Waals surface area contributed by atoms with E-state index in [2.05, 4.69) is 20.6 Å². The molecule has 0 spiro atoms. The second kappa shape index (κ2) is 1.86. The fourth-order valence-electron chi connectivity index (χ4n) is 0.944. The molecule has 1 saturated heterocycles. The van der Waals surface area contributed by atoms with E-state index in [4.69, 9.17) is 0 Å². The summed E-state index contributed by atoms with van der Waals surface area (Å²) in [6.45, 7) is -0.626. The Bertz CT molecular complexity index is 237. The molecule has 0 atom stereocenters. The lowest BCUT2D eigenvalue weighted by Gasteiger charge is -2.37. The van der Waals surface area contributed by atoms with Crippen molar-refractivity contribution in [1.29, 1.82) is 0 Å². The van der Waals surface area contributed by atoms with E-state index in [1.165, 1.54) is 4.90 Å². The number of H-pyrrole nitrogens is 1. The minimum Gasteiger partial charge on any atom is -0.326 e. The summed E-state index contributed by atoms with van der Waals surface area (Å²) in [5, 5.41) is 12.5. The topological polar surface area (TPSA) is 57.7 Å². The van der Waals surface area contributed by atoms with Crippen LogP contribution in [0.4, 0.5) is 14.7 Å². The van der Waals surface area contributed by atoms with Crippen LogP contribution in [-0.2, 0) is 0 Å². The van der Waals surface area contributed by atoms with E-state index in [1.807, 2.05) is 0 Å². The maximum absolute atomic E-state index is 12.3. The number of tetrazole rings is 1. The van der Waals surface area contributed by atoms with Gasteiger partial charge in [0.15, 0.2) is 0 Å². The maximum Gasteiger partial charge on any atom is 0.282 e. The molecule has 1 aromatic heterocycles. The van der Waals surface area contributed by atoms with Crippen LogP contribution in [0.1, 0.15) is 0 Å². The Hall–Kier alpha value is -1.27. The molecule has 0 saturated carbocycles. The Kier molecular flexibility index (Phi) is 1.09. The number of nitrogens with one attached hydrogen (secondary N) is 1. The van der Waals surface area contributed by atoms with Crippen molar-refractivity contribution in [2.45, 2.75) is 5.92 Å². The van der Waals surface area contributed by atoms with Gasteiger partial charge in [-0.05, 0) is 5.21 Å². The fourth-order valence-corrected chi connectivity index (χ4v) is 0.944. The van der Waals surface area contributed by atoms with Crippen molar-refractivity contribution in [3.05, 3.63) is 0 Å². The first-order chi connectivity index (χ1) is 5.17. The molecule has 1 aliphatic rings. The minimum atomic E-state index is -2.58. The molecule has 2 rings (SSSR count). The molecule has 0 aromatic carbocycles. The zero-order valence-electron chi connectivity index (χ0n) is 5.46. The third kappa shape index (κ3) is 1.02. The van der Waals surface area contributed by atoms with Crippen molar-refractivity contribution < 1.29 is 8.78 Å². The largest absolute Gasteiger partial charge is 0.326 e. The van der Waals surface area contributed by atoms with E-state index >= 15 is 0 Å². The number of nitrogens with zero attached hydrogens (tertiary/aromatic N) is 4. The Morgan fingerprint density at radius 3 is 2.64 bits per heavy atom. The van der Waals surface area contributed by atoms with Crippen molar-refractivity contribution >= 4 is 5.95 Å². The fraction of sp³-hybridized carbons (Fsp3) is 0.750. The van der Waals surface area contributed by atoms with Crippen LogP contribution in [0.25, 0.3) is 0 Å². The van der Waals surface area contributed by atoms with Gasteiger partial charge in [0, 0.05) is 0 Å². The second-order valence-electron chi connectivity index (χ2n) is 2.42. The van der Waals surface area contributed by atoms with E-state index in [0.717, 1.165) is 0 Å². The lowest BCUT2D eigenvalue weighted by atomic mass is 10.2. The van der Waals surface area contributed by atoms with Gasteiger partial charge in [-0.15, -0.1) is 5.10 Å². The predicted molar refractivity (Wildman–Crippen MR) is 31.3 cm³/mol. The van der Waals surface area contributed by atoms with Gasteiger partial charge in [0.1, 0.15) is 0 Å². The third-order valence-corrected chi connectivity index (χ3v) is 1.46. The van der Waals surface area contributed by atoms with Gasteiger partial charge < -0.3 is 4.90 Å². The number of anilines is 1. The number of aromatic nitrogens is 4. The van der Waals surface area contributed by atoms with Crippen molar-refractivity contribution in [2.24, 2.45) is 0 Å². The van der Waals surface area contributed by atoms with Crippen LogP contribution < -0.4 is 4.90 Å². The van der Waals surface area contributed by atoms with Gasteiger partial charge in [0.2, 0.25) is 0 Å². The molecule has 0 bridgehead atoms. The molecule has 60 valence electrons. The average Bonchev–Trinajstić information content (AvgIpc) is 2.32. The molecule has 7 heteroatoms. The summed E-state index contributed by atoms with van der Waals surface area (Å²) in [6, 6.07) is 0. The van der Waals surface area contributed by atoms with Crippen LogP contribution in [0.15, 0.2) is 0 Å². The van der Waals surface area contributed by atoms with E-state index in [0.29, 0.717) is 0 Å². The highest BCUT2D eigenvalue weighted by Gasteiger charge is 2.45. The summed E-state index contributed by atoms with van der Waals surface area (Å²) < 4.78 is 24.5. The number of hydrogen-bond acceptors (Lipinski definition) is 4. The average molecular weight is 161 g/mol. The van der Waals surface area contributed by atoms with Crippen molar-refractivity contribution in [2.75, 3.05) is 18.0 Å². The zero-order valence-corrected chi connectivity index (χ0v) is 5.46. The first kappa shape index (κ1) is 6.44. The standard InChI is InChI=1S/C4H5F2N5/c5-4(6)1-11(2-4)3-7-9-10-8-3/h1-2H2,(H,7,8,9,10). The Morgan fingerprint density at radius 1 is 1.45 bits per heavy atom. The number of alkyl halides is 2. The maximum atomic E-state index is 12.3. The highest BCUT2D eigenvalue weighted by Crippen LogP contribution is 2.28. The van der Waals surface area contributed by atoms with Gasteiger partial charge in [-0.3, -0.25) is 0 Å². The highest BCUT2D eigenvalue weighted by molar-refractivity contribution is 5.33. The molecule has 11 heavy (non-hydrogen) atoms. The first-order valence-electron chi connectivity index (χ1n) is 3.04. The Labute approximate surface area is 60.4 Å². The Balaban J connectivity index is 2.03. The van der Waals surface area contributed by atoms with Crippen LogP contribution in [0.2, 0.25) is 0 Å². The second-order valence-corrected chi connectivity index (χ2v) is 2.42. The zero-order chi connectivity index (χ0) is 7.90. The minimum absolute atomic E-state index is 0.232. The van der Waals surface area contributed by atoms with Crippen molar-refractivity contribution in [3.8, 4) is 0 Å². The van der Waals surface area contributed by atoms with Gasteiger partial charge in [-0.25, -0.2) is 8.78 Å². The van der Waals surface area contributed by atoms with Gasteiger partial charge in [-0.2, -0.15) is 5.21 Å². The quantitative estimate of drug-likeness (QED) is 0.611. The van der Waals surface area contributed by atoms with Gasteiger partial charge >= 0.3 is 0 Å². The molecule has 5 nitrogen and oxygen atoms in total. The van der Waals surface area contributed by atoms with E-state index < -0.39 is 5.92 Å². The normalized spacial score (nSPS) is 21.5. The summed E-state index contributed by atoms with van der Waals surface area (Å²) in [5.74, 6) is -2.35. The van der Waals surface area contributed by atoms with Crippen molar-refractivity contribution in [3.63, 3.8) is 0 Å². The van der Waals surface area contributed by atoms with Crippen LogP contribution >= 0.6 is 0 Å². The van der Waals surface area contributed by atoms with Gasteiger partial charge in [0.05, 0.1) is 13.1 Å². The van der Waals surface area contributed by atoms with E-state index in [9.17, 15) is 8.78 Å². The number of hydrogen-bond donors (Lipinski definition) is 1. The molecule has 0 unspecified atom stereocenters. The third-order valence-electron chi connectivity index (χ3n) is 1.46. The summed E-state index contributed by atoms with van der Waals surface area (Å²) in [5.41, 5.74) is 0. The summed E-state index contributed by atoms with van der Waals surface area (Å²) in [4.78, 5) is 1.35. The molecule has 0 radical (unpaired) electrons.